The molecule has 1 fully saturated rings. The molecule has 1 aromatic carbocycles. The van der Waals surface area contributed by atoms with Crippen LogP contribution in [0.4, 0.5) is 0 Å². The molecular weight excluding hydrogens is 425 g/mol. The highest BCUT2D eigenvalue weighted by molar-refractivity contribution is 14.0. The molecule has 1 aliphatic rings. The predicted molar refractivity (Wildman–Crippen MR) is 118 cm³/mol. The van der Waals surface area contributed by atoms with Crippen LogP contribution in [-0.4, -0.2) is 62.1 Å². The summed E-state index contributed by atoms with van der Waals surface area (Å²) in [6.45, 7) is 14.4. The van der Waals surface area contributed by atoms with Crippen molar-refractivity contribution in [3.05, 3.63) is 48.0 Å². The number of likely N-dealkylation sites (N-methyl/N-ethyl adjacent to an activating group) is 1. The fourth-order valence-electron chi connectivity index (χ4n) is 2.86. The van der Waals surface area contributed by atoms with Gasteiger partial charge < -0.3 is 15.5 Å². The van der Waals surface area contributed by atoms with E-state index in [4.69, 9.17) is 0 Å². The Hall–Kier alpha value is -1.12. The quantitative estimate of drug-likeness (QED) is 0.286. The van der Waals surface area contributed by atoms with Gasteiger partial charge in [0.25, 0.3) is 0 Å². The van der Waals surface area contributed by atoms with E-state index in [9.17, 15) is 0 Å². The molecule has 0 radical (unpaired) electrons. The molecule has 25 heavy (non-hydrogen) atoms. The summed E-state index contributed by atoms with van der Waals surface area (Å²) in [7, 11) is 1.78. The van der Waals surface area contributed by atoms with Crippen molar-refractivity contribution >= 4 is 29.9 Å². The number of hydrogen-bond acceptors (Lipinski definition) is 3. The molecule has 2 rings (SSSR count). The second-order valence-electron chi connectivity index (χ2n) is 6.12. The highest BCUT2D eigenvalue weighted by atomic mass is 127. The Morgan fingerprint density at radius 3 is 2.24 bits per heavy atom. The first-order valence-corrected chi connectivity index (χ1v) is 8.83. The number of piperazine rings is 1. The topological polar surface area (TPSA) is 42.9 Å². The highest BCUT2D eigenvalue weighted by Crippen LogP contribution is 2.10. The summed E-state index contributed by atoms with van der Waals surface area (Å²) < 4.78 is 0. The molecule has 0 amide bonds. The lowest BCUT2D eigenvalue weighted by atomic mass is 10.1. The van der Waals surface area contributed by atoms with Crippen LogP contribution in [0, 0.1) is 0 Å². The second-order valence-corrected chi connectivity index (χ2v) is 6.12. The number of aliphatic imine (C=N–C) groups is 1. The van der Waals surface area contributed by atoms with Crippen LogP contribution >= 0.6 is 24.0 Å². The molecule has 0 unspecified atom stereocenters. The van der Waals surface area contributed by atoms with Gasteiger partial charge in [-0.15, -0.1) is 30.6 Å². The third kappa shape index (κ3) is 7.75. The zero-order valence-electron chi connectivity index (χ0n) is 15.5. The summed E-state index contributed by atoms with van der Waals surface area (Å²) in [6, 6.07) is 8.88. The van der Waals surface area contributed by atoms with E-state index in [-0.39, 0.29) is 24.0 Å². The van der Waals surface area contributed by atoms with Crippen LogP contribution in [0.2, 0.25) is 0 Å². The van der Waals surface area contributed by atoms with E-state index in [1.807, 2.05) is 6.08 Å². The molecule has 0 bridgehead atoms. The lowest BCUT2D eigenvalue weighted by Crippen LogP contribution is -2.45. The van der Waals surface area contributed by atoms with Gasteiger partial charge in [0, 0.05) is 52.9 Å². The normalized spacial score (nSPS) is 16.2. The maximum atomic E-state index is 4.18. The molecular formula is C19H32IN5. The van der Waals surface area contributed by atoms with Gasteiger partial charge in [-0.05, 0) is 17.7 Å². The predicted octanol–water partition coefficient (Wildman–Crippen LogP) is 2.29. The van der Waals surface area contributed by atoms with E-state index in [1.54, 1.807) is 7.05 Å². The fraction of sp³-hybridized carbons (Fsp3) is 0.526. The van der Waals surface area contributed by atoms with E-state index in [0.29, 0.717) is 6.54 Å². The van der Waals surface area contributed by atoms with Gasteiger partial charge in [-0.1, -0.05) is 37.3 Å². The van der Waals surface area contributed by atoms with Gasteiger partial charge in [0.05, 0.1) is 0 Å². The number of nitrogens with one attached hydrogen (secondary N) is 2. The highest BCUT2D eigenvalue weighted by Gasteiger charge is 2.15. The molecule has 0 atom stereocenters. The first kappa shape index (κ1) is 21.9. The zero-order valence-corrected chi connectivity index (χ0v) is 17.8. The number of guanidine groups is 1. The van der Waals surface area contributed by atoms with Crippen molar-refractivity contribution in [2.45, 2.75) is 20.0 Å². The van der Waals surface area contributed by atoms with Crippen molar-refractivity contribution in [1.29, 1.82) is 0 Å². The standard InChI is InChI=1S/C19H31N5.HI/c1-4-10-21-19(20-3)22-15-17-6-8-18(9-7-17)16-24-13-11-23(5-2)12-14-24;/h4,6-9H,1,5,10-16H2,2-3H3,(H2,20,21,22);1H. The van der Waals surface area contributed by atoms with Crippen molar-refractivity contribution in [3.63, 3.8) is 0 Å². The SMILES string of the molecule is C=CCNC(=NC)NCc1ccc(CN2CCN(CC)CC2)cc1.I. The van der Waals surface area contributed by atoms with Crippen LogP contribution in [0.3, 0.4) is 0 Å². The first-order valence-electron chi connectivity index (χ1n) is 8.83. The van der Waals surface area contributed by atoms with Crippen molar-refractivity contribution in [2.24, 2.45) is 4.99 Å². The second kappa shape index (κ2) is 12.3. The molecule has 1 heterocycles. The lowest BCUT2D eigenvalue weighted by Gasteiger charge is -2.34. The number of rotatable bonds is 7. The van der Waals surface area contributed by atoms with Crippen molar-refractivity contribution in [1.82, 2.24) is 20.4 Å². The van der Waals surface area contributed by atoms with Crippen LogP contribution in [0.5, 0.6) is 0 Å². The molecule has 6 heteroatoms. The minimum atomic E-state index is 0. The number of nitrogens with zero attached hydrogens (tertiary/aromatic N) is 3. The third-order valence-electron chi connectivity index (χ3n) is 4.44. The summed E-state index contributed by atoms with van der Waals surface area (Å²) in [4.78, 5) is 9.24. The summed E-state index contributed by atoms with van der Waals surface area (Å²) in [5.41, 5.74) is 2.65. The fourth-order valence-corrected chi connectivity index (χ4v) is 2.86. The summed E-state index contributed by atoms with van der Waals surface area (Å²) in [5.74, 6) is 0.799. The molecule has 1 aliphatic heterocycles. The summed E-state index contributed by atoms with van der Waals surface area (Å²) in [5, 5.41) is 6.48. The minimum Gasteiger partial charge on any atom is -0.353 e. The van der Waals surface area contributed by atoms with E-state index in [0.717, 1.165) is 19.0 Å². The minimum absolute atomic E-state index is 0. The average molecular weight is 457 g/mol. The summed E-state index contributed by atoms with van der Waals surface area (Å²) in [6.07, 6.45) is 1.82. The van der Waals surface area contributed by atoms with E-state index in [1.165, 1.54) is 43.9 Å². The van der Waals surface area contributed by atoms with Gasteiger partial charge in [-0.25, -0.2) is 0 Å². The Kier molecular flexibility index (Phi) is 10.8. The molecule has 140 valence electrons. The van der Waals surface area contributed by atoms with Gasteiger partial charge in [0.15, 0.2) is 5.96 Å². The summed E-state index contributed by atoms with van der Waals surface area (Å²) >= 11 is 0. The van der Waals surface area contributed by atoms with Gasteiger partial charge >= 0.3 is 0 Å². The number of benzene rings is 1. The maximum Gasteiger partial charge on any atom is 0.191 e. The molecule has 0 saturated carbocycles. The molecule has 1 aromatic rings. The number of halogens is 1. The van der Waals surface area contributed by atoms with Crippen LogP contribution in [0.25, 0.3) is 0 Å². The van der Waals surface area contributed by atoms with Crippen molar-refractivity contribution in [3.8, 4) is 0 Å². The van der Waals surface area contributed by atoms with Crippen LogP contribution in [0.1, 0.15) is 18.1 Å². The molecule has 2 N–H and O–H groups in total. The van der Waals surface area contributed by atoms with E-state index in [2.05, 4.69) is 63.2 Å². The van der Waals surface area contributed by atoms with Gasteiger partial charge in [-0.3, -0.25) is 9.89 Å². The molecule has 5 nitrogen and oxygen atoms in total. The Morgan fingerprint density at radius 2 is 1.68 bits per heavy atom. The zero-order chi connectivity index (χ0) is 17.2. The molecule has 0 spiro atoms. The smallest absolute Gasteiger partial charge is 0.191 e. The third-order valence-corrected chi connectivity index (χ3v) is 4.44. The Morgan fingerprint density at radius 1 is 1.08 bits per heavy atom. The largest absolute Gasteiger partial charge is 0.353 e. The Labute approximate surface area is 169 Å². The molecule has 0 aliphatic carbocycles. The number of hydrogen-bond donors (Lipinski definition) is 2. The van der Waals surface area contributed by atoms with Crippen LogP contribution in [0.15, 0.2) is 41.9 Å². The van der Waals surface area contributed by atoms with Crippen LogP contribution in [-0.2, 0) is 13.1 Å². The van der Waals surface area contributed by atoms with E-state index >= 15 is 0 Å². The Balaban J connectivity index is 0.00000312. The van der Waals surface area contributed by atoms with Crippen molar-refractivity contribution < 1.29 is 0 Å². The van der Waals surface area contributed by atoms with Crippen molar-refractivity contribution in [2.75, 3.05) is 46.3 Å². The maximum absolute atomic E-state index is 4.18. The van der Waals surface area contributed by atoms with Crippen LogP contribution < -0.4 is 10.6 Å². The first-order chi connectivity index (χ1) is 11.7. The lowest BCUT2D eigenvalue weighted by molar-refractivity contribution is 0.132. The molecule has 1 saturated heterocycles. The Bertz CT molecular complexity index is 521. The molecule has 0 aromatic heterocycles. The van der Waals surface area contributed by atoms with Gasteiger partial charge in [0.2, 0.25) is 0 Å². The van der Waals surface area contributed by atoms with Gasteiger partial charge in [0.1, 0.15) is 0 Å². The van der Waals surface area contributed by atoms with E-state index < -0.39 is 0 Å². The average Bonchev–Trinajstić information content (AvgIpc) is 2.64. The monoisotopic (exact) mass is 457 g/mol. The van der Waals surface area contributed by atoms with Gasteiger partial charge in [-0.2, -0.15) is 0 Å².